The molecule has 3 aromatic rings. The summed E-state index contributed by atoms with van der Waals surface area (Å²) in [5.74, 6) is 0. The summed E-state index contributed by atoms with van der Waals surface area (Å²) in [6.07, 6.45) is 5.16. The highest BCUT2D eigenvalue weighted by molar-refractivity contribution is 5.26. The lowest BCUT2D eigenvalue weighted by Gasteiger charge is -2.06. The lowest BCUT2D eigenvalue weighted by atomic mass is 10.1. The summed E-state index contributed by atoms with van der Waals surface area (Å²) in [5.41, 5.74) is 5.42. The van der Waals surface area contributed by atoms with E-state index in [9.17, 15) is 0 Å². The number of hydrogen-bond donors (Lipinski definition) is 0. The van der Waals surface area contributed by atoms with Gasteiger partial charge in [-0.2, -0.15) is 0 Å². The maximum atomic E-state index is 4.74. The zero-order chi connectivity index (χ0) is 16.5. The van der Waals surface area contributed by atoms with E-state index >= 15 is 0 Å². The normalized spacial score (nSPS) is 9.87. The second-order valence-corrected chi connectivity index (χ2v) is 5.12. The summed E-state index contributed by atoms with van der Waals surface area (Å²) in [6, 6.07) is 16.2. The van der Waals surface area contributed by atoms with Crippen LogP contribution in [0.15, 0.2) is 60.9 Å². The molecule has 0 aliphatic rings. The van der Waals surface area contributed by atoms with Gasteiger partial charge in [0.15, 0.2) is 0 Å². The maximum Gasteiger partial charge on any atom is 0.0469 e. The lowest BCUT2D eigenvalue weighted by Crippen LogP contribution is -2.01. The number of hydrogen-bond acceptors (Lipinski definition) is 3. The van der Waals surface area contributed by atoms with Crippen molar-refractivity contribution in [3.63, 3.8) is 0 Å². The Morgan fingerprint density at radius 2 is 1.17 bits per heavy atom. The van der Waals surface area contributed by atoms with Crippen molar-refractivity contribution in [2.75, 3.05) is 0 Å². The van der Waals surface area contributed by atoms with Crippen molar-refractivity contribution >= 4 is 0 Å². The minimum atomic E-state index is 0.762. The Bertz CT molecular complexity index is 650. The SMILES string of the molecule is CC.Cc1cc(Cc2ccccn2)nc(Cc2ccccn2)c1. The molecule has 0 N–H and O–H groups in total. The predicted octanol–water partition coefficient (Wildman–Crippen LogP) is 4.39. The van der Waals surface area contributed by atoms with Gasteiger partial charge in [-0.3, -0.25) is 15.0 Å². The maximum absolute atomic E-state index is 4.74. The summed E-state index contributed by atoms with van der Waals surface area (Å²) >= 11 is 0. The van der Waals surface area contributed by atoms with Crippen LogP contribution in [0.3, 0.4) is 0 Å². The molecule has 23 heavy (non-hydrogen) atoms. The van der Waals surface area contributed by atoms with Crippen molar-refractivity contribution in [3.8, 4) is 0 Å². The van der Waals surface area contributed by atoms with Crippen molar-refractivity contribution < 1.29 is 0 Å². The molecule has 0 unspecified atom stereocenters. The molecule has 0 aliphatic carbocycles. The van der Waals surface area contributed by atoms with Crippen LogP contribution >= 0.6 is 0 Å². The topological polar surface area (TPSA) is 38.7 Å². The van der Waals surface area contributed by atoms with E-state index < -0.39 is 0 Å². The molecule has 0 aliphatic heterocycles. The summed E-state index contributed by atoms with van der Waals surface area (Å²) in [5, 5.41) is 0. The number of aryl methyl sites for hydroxylation is 1. The number of pyridine rings is 3. The fourth-order valence-electron chi connectivity index (χ4n) is 2.37. The zero-order valence-electron chi connectivity index (χ0n) is 14.0. The molecular formula is C20H23N3. The van der Waals surface area contributed by atoms with Gasteiger partial charge in [0, 0.05) is 48.0 Å². The van der Waals surface area contributed by atoms with Gasteiger partial charge in [-0.25, -0.2) is 0 Å². The van der Waals surface area contributed by atoms with Crippen molar-refractivity contribution in [2.45, 2.75) is 33.6 Å². The van der Waals surface area contributed by atoms with E-state index in [1.165, 1.54) is 5.56 Å². The molecule has 0 saturated carbocycles. The first-order valence-electron chi connectivity index (χ1n) is 8.06. The lowest BCUT2D eigenvalue weighted by molar-refractivity contribution is 0.941. The number of rotatable bonds is 4. The molecule has 0 spiro atoms. The highest BCUT2D eigenvalue weighted by Gasteiger charge is 2.04. The second-order valence-electron chi connectivity index (χ2n) is 5.12. The van der Waals surface area contributed by atoms with Gasteiger partial charge in [-0.05, 0) is 48.9 Å². The predicted molar refractivity (Wildman–Crippen MR) is 94.4 cm³/mol. The first-order valence-corrected chi connectivity index (χ1v) is 8.06. The Morgan fingerprint density at radius 1 is 0.696 bits per heavy atom. The van der Waals surface area contributed by atoms with Gasteiger partial charge < -0.3 is 0 Å². The molecule has 0 fully saturated rings. The van der Waals surface area contributed by atoms with Crippen molar-refractivity contribution in [1.82, 2.24) is 15.0 Å². The van der Waals surface area contributed by atoms with E-state index in [0.717, 1.165) is 35.6 Å². The molecule has 0 radical (unpaired) electrons. The van der Waals surface area contributed by atoms with Crippen LogP contribution in [-0.2, 0) is 12.8 Å². The Hall–Kier alpha value is -2.55. The van der Waals surface area contributed by atoms with Crippen LogP contribution in [-0.4, -0.2) is 15.0 Å². The van der Waals surface area contributed by atoms with Crippen LogP contribution in [0.25, 0.3) is 0 Å². The summed E-state index contributed by atoms with van der Waals surface area (Å²) in [4.78, 5) is 13.5. The number of aromatic nitrogens is 3. The summed E-state index contributed by atoms with van der Waals surface area (Å²) < 4.78 is 0. The van der Waals surface area contributed by atoms with Crippen LogP contribution in [0, 0.1) is 6.92 Å². The molecule has 0 aromatic carbocycles. The highest BCUT2D eigenvalue weighted by atomic mass is 14.7. The van der Waals surface area contributed by atoms with Crippen molar-refractivity contribution in [2.24, 2.45) is 0 Å². The van der Waals surface area contributed by atoms with Crippen LogP contribution in [0.5, 0.6) is 0 Å². The third-order valence-electron chi connectivity index (χ3n) is 3.25. The van der Waals surface area contributed by atoms with E-state index in [4.69, 9.17) is 4.98 Å². The van der Waals surface area contributed by atoms with E-state index in [1.807, 2.05) is 62.6 Å². The fourth-order valence-corrected chi connectivity index (χ4v) is 2.37. The van der Waals surface area contributed by atoms with Gasteiger partial charge >= 0.3 is 0 Å². The zero-order valence-corrected chi connectivity index (χ0v) is 14.0. The van der Waals surface area contributed by atoms with Crippen LogP contribution < -0.4 is 0 Å². The van der Waals surface area contributed by atoms with Gasteiger partial charge in [0.1, 0.15) is 0 Å². The average molecular weight is 305 g/mol. The third-order valence-corrected chi connectivity index (χ3v) is 3.25. The molecule has 118 valence electrons. The Kier molecular flexibility index (Phi) is 6.42. The monoisotopic (exact) mass is 305 g/mol. The molecule has 0 atom stereocenters. The molecular weight excluding hydrogens is 282 g/mol. The van der Waals surface area contributed by atoms with Gasteiger partial charge in [0.05, 0.1) is 0 Å². The standard InChI is InChI=1S/C18H17N3.C2H6/c1-14-10-17(12-15-6-2-4-8-19-15)21-18(11-14)13-16-7-3-5-9-20-16;1-2/h2-11H,12-13H2,1H3;1-2H3. The quantitative estimate of drug-likeness (QED) is 0.717. The molecule has 0 bridgehead atoms. The second kappa shape index (κ2) is 8.79. The first kappa shape index (κ1) is 16.8. The minimum absolute atomic E-state index is 0.762. The van der Waals surface area contributed by atoms with Gasteiger partial charge in [0.25, 0.3) is 0 Å². The molecule has 3 nitrogen and oxygen atoms in total. The summed E-state index contributed by atoms with van der Waals surface area (Å²) in [7, 11) is 0. The molecule has 3 heteroatoms. The van der Waals surface area contributed by atoms with Crippen molar-refractivity contribution in [1.29, 1.82) is 0 Å². The first-order chi connectivity index (χ1) is 11.3. The Morgan fingerprint density at radius 3 is 1.57 bits per heavy atom. The Balaban J connectivity index is 0.000000924. The molecule has 3 heterocycles. The number of nitrogens with zero attached hydrogens (tertiary/aromatic N) is 3. The molecule has 0 saturated heterocycles. The fraction of sp³-hybridized carbons (Fsp3) is 0.250. The smallest absolute Gasteiger partial charge is 0.0469 e. The van der Waals surface area contributed by atoms with Gasteiger partial charge in [-0.15, -0.1) is 0 Å². The molecule has 3 rings (SSSR count). The van der Waals surface area contributed by atoms with Crippen molar-refractivity contribution in [3.05, 3.63) is 89.3 Å². The van der Waals surface area contributed by atoms with E-state index in [-0.39, 0.29) is 0 Å². The van der Waals surface area contributed by atoms with Crippen LogP contribution in [0.4, 0.5) is 0 Å². The molecule has 0 amide bonds. The Labute approximate surface area is 138 Å². The highest BCUT2D eigenvalue weighted by Crippen LogP contribution is 2.12. The third kappa shape index (κ3) is 5.29. The minimum Gasteiger partial charge on any atom is -0.261 e. The van der Waals surface area contributed by atoms with Gasteiger partial charge in [0.2, 0.25) is 0 Å². The molecule has 3 aromatic heterocycles. The van der Waals surface area contributed by atoms with Gasteiger partial charge in [-0.1, -0.05) is 26.0 Å². The van der Waals surface area contributed by atoms with E-state index in [1.54, 1.807) is 0 Å². The summed E-state index contributed by atoms with van der Waals surface area (Å²) in [6.45, 7) is 6.10. The largest absolute Gasteiger partial charge is 0.261 e. The van der Waals surface area contributed by atoms with Crippen LogP contribution in [0.2, 0.25) is 0 Å². The van der Waals surface area contributed by atoms with E-state index in [2.05, 4.69) is 29.0 Å². The van der Waals surface area contributed by atoms with Crippen LogP contribution in [0.1, 0.15) is 42.2 Å². The average Bonchev–Trinajstić information content (AvgIpc) is 2.58. The van der Waals surface area contributed by atoms with E-state index in [0.29, 0.717) is 0 Å².